The first kappa shape index (κ1) is 13.3. The van der Waals surface area contributed by atoms with Gasteiger partial charge in [0, 0.05) is 30.9 Å². The van der Waals surface area contributed by atoms with Gasteiger partial charge in [-0.2, -0.15) is 0 Å². The maximum atomic E-state index is 4.62. The van der Waals surface area contributed by atoms with Crippen molar-refractivity contribution in [2.75, 3.05) is 18.5 Å². The third-order valence-electron chi connectivity index (χ3n) is 3.44. The summed E-state index contributed by atoms with van der Waals surface area (Å²) in [5.41, 5.74) is 1.32. The van der Waals surface area contributed by atoms with Gasteiger partial charge >= 0.3 is 0 Å². The second kappa shape index (κ2) is 6.19. The largest absolute Gasteiger partial charge is 0.353 e. The summed E-state index contributed by atoms with van der Waals surface area (Å²) in [6, 6.07) is 4.95. The highest BCUT2D eigenvalue weighted by atomic mass is 15.2. The van der Waals surface area contributed by atoms with Crippen LogP contribution in [-0.2, 0) is 6.54 Å². The number of rotatable bonds is 7. The third kappa shape index (κ3) is 3.45. The lowest BCUT2D eigenvalue weighted by Gasteiger charge is -2.26. The topological polar surface area (TPSA) is 28.2 Å². The van der Waals surface area contributed by atoms with Crippen molar-refractivity contribution in [3.05, 3.63) is 23.9 Å². The molecule has 0 bridgehead atoms. The van der Waals surface area contributed by atoms with Gasteiger partial charge in [0.1, 0.15) is 5.82 Å². The van der Waals surface area contributed by atoms with Crippen molar-refractivity contribution in [3.63, 3.8) is 0 Å². The van der Waals surface area contributed by atoms with Crippen LogP contribution in [-0.4, -0.2) is 24.6 Å². The second-order valence-electron chi connectivity index (χ2n) is 5.62. The van der Waals surface area contributed by atoms with E-state index in [1.807, 2.05) is 19.3 Å². The zero-order valence-electron chi connectivity index (χ0n) is 11.8. The molecule has 100 valence electrons. The Morgan fingerprint density at radius 1 is 1.44 bits per heavy atom. The minimum Gasteiger partial charge on any atom is -0.353 e. The fourth-order valence-electron chi connectivity index (χ4n) is 2.26. The normalized spacial score (nSPS) is 15.1. The zero-order chi connectivity index (χ0) is 13.0. The van der Waals surface area contributed by atoms with E-state index in [0.29, 0.717) is 0 Å². The van der Waals surface area contributed by atoms with Crippen LogP contribution < -0.4 is 10.2 Å². The zero-order valence-corrected chi connectivity index (χ0v) is 11.8. The van der Waals surface area contributed by atoms with Crippen LogP contribution in [0, 0.1) is 5.92 Å². The summed E-state index contributed by atoms with van der Waals surface area (Å²) in [5.74, 6) is 1.94. The summed E-state index contributed by atoms with van der Waals surface area (Å²) in [5, 5.41) is 3.24. The van der Waals surface area contributed by atoms with Crippen molar-refractivity contribution < 1.29 is 0 Å². The Hall–Kier alpha value is -1.09. The summed E-state index contributed by atoms with van der Waals surface area (Å²) < 4.78 is 0. The molecule has 0 radical (unpaired) electrons. The SMILES string of the molecule is CNCc1cccnc1N(CCC(C)C)C1CC1. The molecule has 1 fully saturated rings. The van der Waals surface area contributed by atoms with E-state index in [9.17, 15) is 0 Å². The fourth-order valence-corrected chi connectivity index (χ4v) is 2.26. The van der Waals surface area contributed by atoms with Crippen molar-refractivity contribution >= 4 is 5.82 Å². The van der Waals surface area contributed by atoms with Crippen LogP contribution in [0.3, 0.4) is 0 Å². The Balaban J connectivity index is 2.13. The molecule has 1 aliphatic carbocycles. The Labute approximate surface area is 111 Å². The first-order valence-corrected chi connectivity index (χ1v) is 7.07. The monoisotopic (exact) mass is 247 g/mol. The molecule has 0 aliphatic heterocycles. The maximum absolute atomic E-state index is 4.62. The van der Waals surface area contributed by atoms with Crippen molar-refractivity contribution in [1.29, 1.82) is 0 Å². The van der Waals surface area contributed by atoms with Crippen LogP contribution >= 0.6 is 0 Å². The minimum absolute atomic E-state index is 0.731. The molecule has 0 aromatic carbocycles. The van der Waals surface area contributed by atoms with Crippen LogP contribution in [0.1, 0.15) is 38.7 Å². The summed E-state index contributed by atoms with van der Waals surface area (Å²) in [6.45, 7) is 6.61. The van der Waals surface area contributed by atoms with Gasteiger partial charge in [0.25, 0.3) is 0 Å². The van der Waals surface area contributed by atoms with Crippen LogP contribution in [0.4, 0.5) is 5.82 Å². The number of hydrogen-bond donors (Lipinski definition) is 1. The lowest BCUT2D eigenvalue weighted by molar-refractivity contribution is 0.567. The Kier molecular flexibility index (Phi) is 4.59. The summed E-state index contributed by atoms with van der Waals surface area (Å²) in [6.07, 6.45) is 5.81. The molecule has 3 heteroatoms. The molecule has 1 saturated carbocycles. The summed E-state index contributed by atoms with van der Waals surface area (Å²) in [4.78, 5) is 7.14. The van der Waals surface area contributed by atoms with E-state index >= 15 is 0 Å². The molecular weight excluding hydrogens is 222 g/mol. The predicted octanol–water partition coefficient (Wildman–Crippen LogP) is 2.82. The third-order valence-corrected chi connectivity index (χ3v) is 3.44. The van der Waals surface area contributed by atoms with Gasteiger partial charge in [-0.25, -0.2) is 4.98 Å². The lowest BCUT2D eigenvalue weighted by Crippen LogP contribution is -2.30. The van der Waals surface area contributed by atoms with Gasteiger partial charge in [-0.3, -0.25) is 0 Å². The molecule has 1 aliphatic rings. The molecule has 0 saturated heterocycles. The number of anilines is 1. The van der Waals surface area contributed by atoms with Crippen LogP contribution in [0.15, 0.2) is 18.3 Å². The number of nitrogens with zero attached hydrogens (tertiary/aromatic N) is 2. The molecule has 2 rings (SSSR count). The quantitative estimate of drug-likeness (QED) is 0.803. The minimum atomic E-state index is 0.731. The molecule has 1 heterocycles. The van der Waals surface area contributed by atoms with Crippen molar-refractivity contribution in [2.24, 2.45) is 5.92 Å². The molecule has 1 aromatic heterocycles. The number of hydrogen-bond acceptors (Lipinski definition) is 3. The molecular formula is C15H25N3. The van der Waals surface area contributed by atoms with E-state index in [1.54, 1.807) is 0 Å². The number of pyridine rings is 1. The Bertz CT molecular complexity index is 372. The highest BCUT2D eigenvalue weighted by Crippen LogP contribution is 2.32. The predicted molar refractivity (Wildman–Crippen MR) is 76.8 cm³/mol. The van der Waals surface area contributed by atoms with Gasteiger partial charge in [-0.05, 0) is 38.3 Å². The first-order valence-electron chi connectivity index (χ1n) is 7.07. The number of aromatic nitrogens is 1. The molecule has 1 aromatic rings. The average Bonchev–Trinajstić information content (AvgIpc) is 3.16. The van der Waals surface area contributed by atoms with Gasteiger partial charge in [-0.15, -0.1) is 0 Å². The molecule has 1 N–H and O–H groups in total. The standard InChI is InChI=1S/C15H25N3/c1-12(2)8-10-18(14-6-7-14)15-13(11-16-3)5-4-9-17-15/h4-5,9,12,14,16H,6-8,10-11H2,1-3H3. The van der Waals surface area contributed by atoms with Crippen molar-refractivity contribution in [2.45, 2.75) is 45.7 Å². The molecule has 0 amide bonds. The van der Waals surface area contributed by atoms with Gasteiger partial charge in [0.05, 0.1) is 0 Å². The van der Waals surface area contributed by atoms with E-state index in [4.69, 9.17) is 0 Å². The molecule has 0 spiro atoms. The molecule has 3 nitrogen and oxygen atoms in total. The second-order valence-corrected chi connectivity index (χ2v) is 5.62. The van der Waals surface area contributed by atoms with Gasteiger partial charge < -0.3 is 10.2 Å². The van der Waals surface area contributed by atoms with Gasteiger partial charge in [-0.1, -0.05) is 19.9 Å². The van der Waals surface area contributed by atoms with Crippen molar-refractivity contribution in [1.82, 2.24) is 10.3 Å². The van der Waals surface area contributed by atoms with E-state index in [2.05, 4.69) is 35.1 Å². The number of nitrogens with one attached hydrogen (secondary N) is 1. The van der Waals surface area contributed by atoms with E-state index in [1.165, 1.54) is 30.6 Å². The first-order chi connectivity index (χ1) is 8.72. The van der Waals surface area contributed by atoms with Gasteiger partial charge in [0.2, 0.25) is 0 Å². The smallest absolute Gasteiger partial charge is 0.133 e. The lowest BCUT2D eigenvalue weighted by atomic mass is 10.1. The highest BCUT2D eigenvalue weighted by molar-refractivity contribution is 5.48. The van der Waals surface area contributed by atoms with E-state index in [0.717, 1.165) is 25.0 Å². The van der Waals surface area contributed by atoms with Crippen molar-refractivity contribution in [3.8, 4) is 0 Å². The summed E-state index contributed by atoms with van der Waals surface area (Å²) in [7, 11) is 1.99. The van der Waals surface area contributed by atoms with E-state index < -0.39 is 0 Å². The molecule has 0 atom stereocenters. The van der Waals surface area contributed by atoms with Crippen LogP contribution in [0.5, 0.6) is 0 Å². The van der Waals surface area contributed by atoms with Crippen LogP contribution in [0.2, 0.25) is 0 Å². The highest BCUT2D eigenvalue weighted by Gasteiger charge is 2.30. The fraction of sp³-hybridized carbons (Fsp3) is 0.667. The summed E-state index contributed by atoms with van der Waals surface area (Å²) >= 11 is 0. The average molecular weight is 247 g/mol. The Morgan fingerprint density at radius 2 is 2.22 bits per heavy atom. The van der Waals surface area contributed by atoms with Crippen LogP contribution in [0.25, 0.3) is 0 Å². The molecule has 0 unspecified atom stereocenters. The molecule has 18 heavy (non-hydrogen) atoms. The maximum Gasteiger partial charge on any atom is 0.133 e. The van der Waals surface area contributed by atoms with Gasteiger partial charge in [0.15, 0.2) is 0 Å². The van der Waals surface area contributed by atoms with E-state index in [-0.39, 0.29) is 0 Å². The Morgan fingerprint density at radius 3 is 2.83 bits per heavy atom.